The molecule has 0 bridgehead atoms. The van der Waals surface area contributed by atoms with E-state index in [9.17, 15) is 4.79 Å². The third-order valence-electron chi connectivity index (χ3n) is 4.21. The van der Waals surface area contributed by atoms with Crippen molar-refractivity contribution in [2.24, 2.45) is 0 Å². The van der Waals surface area contributed by atoms with Crippen molar-refractivity contribution >= 4 is 11.6 Å². The lowest BCUT2D eigenvalue weighted by Gasteiger charge is -2.26. The first-order valence-electron chi connectivity index (χ1n) is 8.76. The summed E-state index contributed by atoms with van der Waals surface area (Å²) in [6.07, 6.45) is 6.54. The highest BCUT2D eigenvalue weighted by atomic mass is 16.5. The van der Waals surface area contributed by atoms with Crippen LogP contribution in [0, 0.1) is 0 Å². The van der Waals surface area contributed by atoms with Crippen molar-refractivity contribution in [2.75, 3.05) is 32.8 Å². The highest BCUT2D eigenvalue weighted by molar-refractivity contribution is 5.92. The summed E-state index contributed by atoms with van der Waals surface area (Å²) in [5, 5.41) is 7.21. The Morgan fingerprint density at radius 1 is 1.29 bits per heavy atom. The van der Waals surface area contributed by atoms with Crippen molar-refractivity contribution in [3.8, 4) is 5.88 Å². The van der Waals surface area contributed by atoms with Crippen LogP contribution >= 0.6 is 0 Å². The number of carbonyl (C=O) groups is 1. The van der Waals surface area contributed by atoms with Crippen molar-refractivity contribution in [1.82, 2.24) is 24.8 Å². The summed E-state index contributed by atoms with van der Waals surface area (Å²) in [7, 11) is 0. The summed E-state index contributed by atoms with van der Waals surface area (Å²) in [4.78, 5) is 19.0. The second-order valence-corrected chi connectivity index (χ2v) is 6.05. The second kappa shape index (κ2) is 8.10. The third-order valence-corrected chi connectivity index (χ3v) is 4.21. The summed E-state index contributed by atoms with van der Waals surface area (Å²) in [5.74, 6) is 0.369. The summed E-state index contributed by atoms with van der Waals surface area (Å²) >= 11 is 0. The van der Waals surface area contributed by atoms with Crippen LogP contribution < -0.4 is 10.1 Å². The number of piperidine rings is 1. The van der Waals surface area contributed by atoms with Crippen LogP contribution in [0.3, 0.4) is 0 Å². The maximum atomic E-state index is 12.2. The zero-order valence-corrected chi connectivity index (χ0v) is 14.2. The molecule has 1 fully saturated rings. The van der Waals surface area contributed by atoms with E-state index in [4.69, 9.17) is 4.74 Å². The van der Waals surface area contributed by atoms with Gasteiger partial charge in [0.1, 0.15) is 5.69 Å². The molecule has 0 unspecified atom stereocenters. The SMILES string of the molecule is CCOc1ccc2nc(C(=O)NCCCN3CCCCC3)cn2n1. The summed E-state index contributed by atoms with van der Waals surface area (Å²) in [6, 6.07) is 3.55. The average Bonchev–Trinajstić information content (AvgIpc) is 3.03. The second-order valence-electron chi connectivity index (χ2n) is 6.05. The monoisotopic (exact) mass is 331 g/mol. The number of rotatable bonds is 7. The van der Waals surface area contributed by atoms with Crippen molar-refractivity contribution in [2.45, 2.75) is 32.6 Å². The van der Waals surface area contributed by atoms with Gasteiger partial charge in [0.2, 0.25) is 5.88 Å². The van der Waals surface area contributed by atoms with E-state index >= 15 is 0 Å². The molecular weight excluding hydrogens is 306 g/mol. The molecule has 0 saturated carbocycles. The molecule has 0 aromatic carbocycles. The van der Waals surface area contributed by atoms with Crippen molar-refractivity contribution in [3.63, 3.8) is 0 Å². The molecule has 1 amide bonds. The number of nitrogens with zero attached hydrogens (tertiary/aromatic N) is 4. The lowest BCUT2D eigenvalue weighted by molar-refractivity contribution is 0.0946. The first-order valence-corrected chi connectivity index (χ1v) is 8.76. The van der Waals surface area contributed by atoms with Crippen molar-refractivity contribution in [1.29, 1.82) is 0 Å². The van der Waals surface area contributed by atoms with Crippen molar-refractivity contribution < 1.29 is 9.53 Å². The summed E-state index contributed by atoms with van der Waals surface area (Å²) in [6.45, 7) is 6.55. The van der Waals surface area contributed by atoms with Crippen LogP contribution in [0.25, 0.3) is 5.65 Å². The number of aromatic nitrogens is 3. The number of carbonyl (C=O) groups excluding carboxylic acids is 1. The van der Waals surface area contributed by atoms with Crippen LogP contribution in [0.1, 0.15) is 43.1 Å². The first kappa shape index (κ1) is 16.7. The van der Waals surface area contributed by atoms with Crippen molar-refractivity contribution in [3.05, 3.63) is 24.0 Å². The van der Waals surface area contributed by atoms with Gasteiger partial charge in [-0.15, -0.1) is 5.10 Å². The number of hydrogen-bond acceptors (Lipinski definition) is 5. The van der Waals surface area contributed by atoms with E-state index in [0.717, 1.165) is 13.0 Å². The topological polar surface area (TPSA) is 71.8 Å². The van der Waals surface area contributed by atoms with Gasteiger partial charge in [-0.3, -0.25) is 4.79 Å². The van der Waals surface area contributed by atoms with Gasteiger partial charge in [-0.2, -0.15) is 0 Å². The maximum Gasteiger partial charge on any atom is 0.271 e. The molecule has 130 valence electrons. The molecule has 1 aliphatic heterocycles. The lowest BCUT2D eigenvalue weighted by atomic mass is 10.1. The Bertz CT molecular complexity index is 679. The largest absolute Gasteiger partial charge is 0.477 e. The number of fused-ring (bicyclic) bond motifs is 1. The van der Waals surface area contributed by atoms with Gasteiger partial charge >= 0.3 is 0 Å². The minimum Gasteiger partial charge on any atom is -0.477 e. The number of ether oxygens (including phenoxy) is 1. The minimum atomic E-state index is -0.155. The van der Waals surface area contributed by atoms with Gasteiger partial charge in [0.05, 0.1) is 12.8 Å². The van der Waals surface area contributed by atoms with Gasteiger partial charge in [-0.25, -0.2) is 9.50 Å². The summed E-state index contributed by atoms with van der Waals surface area (Å²) < 4.78 is 6.93. The zero-order valence-electron chi connectivity index (χ0n) is 14.2. The Balaban J connectivity index is 1.50. The van der Waals surface area contributed by atoms with Gasteiger partial charge in [0.25, 0.3) is 5.91 Å². The average molecular weight is 331 g/mol. The summed E-state index contributed by atoms with van der Waals surface area (Å²) in [5.41, 5.74) is 1.02. The van der Waals surface area contributed by atoms with Gasteiger partial charge in [0, 0.05) is 12.6 Å². The number of nitrogens with one attached hydrogen (secondary N) is 1. The molecule has 24 heavy (non-hydrogen) atoms. The van der Waals surface area contributed by atoms with E-state index in [2.05, 4.69) is 20.3 Å². The highest BCUT2D eigenvalue weighted by Crippen LogP contribution is 2.10. The van der Waals surface area contributed by atoms with Crippen LogP contribution in [-0.4, -0.2) is 58.2 Å². The Labute approximate surface area is 142 Å². The Morgan fingerprint density at radius 2 is 2.12 bits per heavy atom. The van der Waals surface area contributed by atoms with Gasteiger partial charge in [-0.1, -0.05) is 6.42 Å². The van der Waals surface area contributed by atoms with Crippen LogP contribution in [0.2, 0.25) is 0 Å². The molecule has 0 aliphatic carbocycles. The lowest BCUT2D eigenvalue weighted by Crippen LogP contribution is -2.33. The van der Waals surface area contributed by atoms with E-state index < -0.39 is 0 Å². The number of amides is 1. The standard InChI is InChI=1S/C17H25N5O2/c1-2-24-16-8-7-15-19-14(13-22(15)20-16)17(23)18-9-6-12-21-10-4-3-5-11-21/h7-8,13H,2-6,9-12H2,1H3,(H,18,23). The number of imidazole rings is 1. The molecular formula is C17H25N5O2. The number of hydrogen-bond donors (Lipinski definition) is 1. The van der Waals surface area contributed by atoms with Gasteiger partial charge in [-0.05, 0) is 51.9 Å². The maximum absolute atomic E-state index is 12.2. The van der Waals surface area contributed by atoms with E-state index in [0.29, 0.717) is 30.4 Å². The first-order chi connectivity index (χ1) is 11.8. The van der Waals surface area contributed by atoms with Gasteiger partial charge in [0.15, 0.2) is 5.65 Å². The molecule has 3 heterocycles. The normalized spacial score (nSPS) is 15.5. The Hall–Kier alpha value is -2.15. The van der Waals surface area contributed by atoms with Crippen LogP contribution in [0.5, 0.6) is 5.88 Å². The fraction of sp³-hybridized carbons (Fsp3) is 0.588. The Kier molecular flexibility index (Phi) is 5.63. The van der Waals surface area contributed by atoms with Crippen LogP contribution in [0.15, 0.2) is 18.3 Å². The molecule has 7 nitrogen and oxygen atoms in total. The molecule has 2 aromatic heterocycles. The molecule has 0 radical (unpaired) electrons. The van der Waals surface area contributed by atoms with Gasteiger partial charge < -0.3 is 15.0 Å². The quantitative estimate of drug-likeness (QED) is 0.783. The van der Waals surface area contributed by atoms with Crippen LogP contribution in [0.4, 0.5) is 0 Å². The molecule has 0 atom stereocenters. The minimum absolute atomic E-state index is 0.155. The molecule has 0 spiro atoms. The fourth-order valence-electron chi connectivity index (χ4n) is 2.98. The third kappa shape index (κ3) is 4.23. The predicted octanol–water partition coefficient (Wildman–Crippen LogP) is 1.73. The Morgan fingerprint density at radius 3 is 2.92 bits per heavy atom. The molecule has 1 N–H and O–H groups in total. The van der Waals surface area contributed by atoms with E-state index in [1.165, 1.54) is 32.4 Å². The molecule has 2 aromatic rings. The molecule has 1 aliphatic rings. The molecule has 1 saturated heterocycles. The zero-order chi connectivity index (χ0) is 16.8. The van der Waals surface area contributed by atoms with E-state index in [1.807, 2.05) is 6.92 Å². The molecule has 3 rings (SSSR count). The molecule has 7 heteroatoms. The smallest absolute Gasteiger partial charge is 0.271 e. The highest BCUT2D eigenvalue weighted by Gasteiger charge is 2.12. The van der Waals surface area contributed by atoms with E-state index in [-0.39, 0.29) is 5.91 Å². The van der Waals surface area contributed by atoms with Crippen LogP contribution in [-0.2, 0) is 0 Å². The fourth-order valence-corrected chi connectivity index (χ4v) is 2.98. The number of likely N-dealkylation sites (tertiary alicyclic amines) is 1. The van der Waals surface area contributed by atoms with E-state index in [1.54, 1.807) is 22.8 Å². The predicted molar refractivity (Wildman–Crippen MR) is 91.4 cm³/mol.